The van der Waals surface area contributed by atoms with Crippen LogP contribution < -0.4 is 5.32 Å². The molecule has 0 saturated heterocycles. The maximum atomic E-state index is 12.1. The highest BCUT2D eigenvalue weighted by Crippen LogP contribution is 2.29. The van der Waals surface area contributed by atoms with Gasteiger partial charge in [0.1, 0.15) is 5.01 Å². The number of halogens is 1. The van der Waals surface area contributed by atoms with Crippen molar-refractivity contribution in [2.75, 3.05) is 0 Å². The van der Waals surface area contributed by atoms with E-state index in [1.807, 2.05) is 5.38 Å². The summed E-state index contributed by atoms with van der Waals surface area (Å²) in [6.45, 7) is 4.51. The van der Waals surface area contributed by atoms with Crippen molar-refractivity contribution in [1.82, 2.24) is 10.3 Å². The van der Waals surface area contributed by atoms with Crippen molar-refractivity contribution in [3.63, 3.8) is 0 Å². The minimum atomic E-state index is 0.0847. The molecule has 0 aliphatic heterocycles. The lowest BCUT2D eigenvalue weighted by molar-refractivity contribution is -0.121. The molecule has 1 aromatic heterocycles. The van der Waals surface area contributed by atoms with Crippen LogP contribution in [-0.2, 0) is 17.1 Å². The summed E-state index contributed by atoms with van der Waals surface area (Å²) in [6.07, 6.45) is 3.96. The lowest BCUT2D eigenvalue weighted by atomic mass is 9.78. The molecule has 1 saturated carbocycles. The number of alkyl halides is 1. The van der Waals surface area contributed by atoms with Crippen molar-refractivity contribution in [2.45, 2.75) is 51.5 Å². The van der Waals surface area contributed by atoms with Crippen LogP contribution in [0.3, 0.4) is 0 Å². The van der Waals surface area contributed by atoms with Crippen LogP contribution in [0.15, 0.2) is 5.38 Å². The van der Waals surface area contributed by atoms with E-state index in [4.69, 9.17) is 11.6 Å². The molecule has 0 spiro atoms. The average Bonchev–Trinajstić information content (AvgIpc) is 2.82. The molecule has 0 aromatic carbocycles. The summed E-state index contributed by atoms with van der Waals surface area (Å²) in [4.78, 5) is 16.4. The van der Waals surface area contributed by atoms with Gasteiger partial charge in [0.05, 0.1) is 18.0 Å². The van der Waals surface area contributed by atoms with Crippen LogP contribution in [-0.4, -0.2) is 16.9 Å². The normalized spacial score (nSPS) is 27.2. The second-order valence-corrected chi connectivity index (χ2v) is 6.69. The van der Waals surface area contributed by atoms with Crippen LogP contribution in [0.2, 0.25) is 0 Å². The number of nitrogens with zero attached hydrogens (tertiary/aromatic N) is 1. The molecule has 2 rings (SSSR count). The second-order valence-electron chi connectivity index (χ2n) is 5.48. The zero-order valence-corrected chi connectivity index (χ0v) is 13.1. The largest absolute Gasteiger partial charge is 0.353 e. The van der Waals surface area contributed by atoms with Gasteiger partial charge < -0.3 is 5.32 Å². The monoisotopic (exact) mass is 300 g/mol. The Labute approximate surface area is 123 Å². The van der Waals surface area contributed by atoms with Gasteiger partial charge in [-0.15, -0.1) is 22.9 Å². The smallest absolute Gasteiger partial charge is 0.227 e. The van der Waals surface area contributed by atoms with E-state index >= 15 is 0 Å². The van der Waals surface area contributed by atoms with E-state index in [1.54, 1.807) is 0 Å². The van der Waals surface area contributed by atoms with Gasteiger partial charge in [0, 0.05) is 11.4 Å². The Bertz CT molecular complexity index is 435. The van der Waals surface area contributed by atoms with Crippen molar-refractivity contribution in [3.8, 4) is 0 Å². The molecule has 1 N–H and O–H groups in total. The zero-order chi connectivity index (χ0) is 13.8. The van der Waals surface area contributed by atoms with E-state index in [9.17, 15) is 4.79 Å². The molecule has 1 aliphatic carbocycles. The molecule has 1 fully saturated rings. The van der Waals surface area contributed by atoms with Crippen LogP contribution >= 0.6 is 22.9 Å². The highest BCUT2D eigenvalue weighted by molar-refractivity contribution is 7.09. The minimum Gasteiger partial charge on any atom is -0.353 e. The summed E-state index contributed by atoms with van der Waals surface area (Å²) in [5.74, 6) is 1.76. The fourth-order valence-electron chi connectivity index (χ4n) is 2.67. The van der Waals surface area contributed by atoms with Crippen LogP contribution in [0.1, 0.15) is 43.8 Å². The van der Waals surface area contributed by atoms with Gasteiger partial charge in [-0.05, 0) is 18.3 Å². The summed E-state index contributed by atoms with van der Waals surface area (Å²) >= 11 is 7.22. The fourth-order valence-corrected chi connectivity index (χ4v) is 3.69. The van der Waals surface area contributed by atoms with E-state index in [-0.39, 0.29) is 5.91 Å². The predicted octanol–water partition coefficient (Wildman–Crippen LogP) is 3.37. The SMILES string of the molecule is CC1CCCC(NC(=O)Cc2nc(CCl)cs2)C1C. The fraction of sp³-hybridized carbons (Fsp3) is 0.714. The van der Waals surface area contributed by atoms with E-state index < -0.39 is 0 Å². The highest BCUT2D eigenvalue weighted by Gasteiger charge is 2.28. The third-order valence-electron chi connectivity index (χ3n) is 4.10. The minimum absolute atomic E-state index is 0.0847. The van der Waals surface area contributed by atoms with Gasteiger partial charge in [0.25, 0.3) is 0 Å². The van der Waals surface area contributed by atoms with Crippen molar-refractivity contribution in [3.05, 3.63) is 16.1 Å². The van der Waals surface area contributed by atoms with E-state index in [2.05, 4.69) is 24.1 Å². The molecule has 0 radical (unpaired) electrons. The first kappa shape index (κ1) is 14.8. The number of hydrogen-bond donors (Lipinski definition) is 1. The van der Waals surface area contributed by atoms with Gasteiger partial charge in [-0.2, -0.15) is 0 Å². The number of aromatic nitrogens is 1. The molecular formula is C14H21ClN2OS. The molecule has 5 heteroatoms. The predicted molar refractivity (Wildman–Crippen MR) is 79.5 cm³/mol. The average molecular weight is 301 g/mol. The first-order valence-electron chi connectivity index (χ1n) is 6.88. The molecule has 0 bridgehead atoms. The molecule has 1 aliphatic rings. The van der Waals surface area contributed by atoms with E-state index in [0.29, 0.717) is 30.2 Å². The zero-order valence-electron chi connectivity index (χ0n) is 11.5. The standard InChI is InChI=1S/C14H21ClN2OS/c1-9-4-3-5-12(10(9)2)17-13(18)6-14-16-11(7-15)8-19-14/h8-10,12H,3-7H2,1-2H3,(H,17,18). The Balaban J connectivity index is 1.86. The van der Waals surface area contributed by atoms with E-state index in [0.717, 1.165) is 17.1 Å². The van der Waals surface area contributed by atoms with Gasteiger partial charge in [-0.1, -0.05) is 26.7 Å². The Morgan fingerprint density at radius 3 is 3.00 bits per heavy atom. The first-order chi connectivity index (χ1) is 9.10. The summed E-state index contributed by atoms with van der Waals surface area (Å²) in [5.41, 5.74) is 0.856. The first-order valence-corrected chi connectivity index (χ1v) is 8.30. The van der Waals surface area contributed by atoms with Gasteiger partial charge in [0.15, 0.2) is 0 Å². The lowest BCUT2D eigenvalue weighted by Crippen LogP contribution is -2.44. The topological polar surface area (TPSA) is 42.0 Å². The van der Waals surface area contributed by atoms with Crippen molar-refractivity contribution < 1.29 is 4.79 Å². The molecule has 1 amide bonds. The molecule has 1 heterocycles. The van der Waals surface area contributed by atoms with Gasteiger partial charge >= 0.3 is 0 Å². The molecular weight excluding hydrogens is 280 g/mol. The number of carbonyl (C=O) groups is 1. The van der Waals surface area contributed by atoms with Crippen LogP contribution in [0.4, 0.5) is 0 Å². The number of amides is 1. The molecule has 1 aromatic rings. The Hall–Kier alpha value is -0.610. The molecule has 19 heavy (non-hydrogen) atoms. The summed E-state index contributed by atoms with van der Waals surface area (Å²) in [6, 6.07) is 0.323. The van der Waals surface area contributed by atoms with Crippen LogP contribution in [0.25, 0.3) is 0 Å². The Morgan fingerprint density at radius 1 is 1.53 bits per heavy atom. The lowest BCUT2D eigenvalue weighted by Gasteiger charge is -2.34. The summed E-state index contributed by atoms with van der Waals surface area (Å²) in [5, 5.41) is 5.94. The molecule has 3 atom stereocenters. The van der Waals surface area contributed by atoms with Gasteiger partial charge in [-0.3, -0.25) is 4.79 Å². The number of hydrogen-bond acceptors (Lipinski definition) is 3. The summed E-state index contributed by atoms with van der Waals surface area (Å²) in [7, 11) is 0. The number of nitrogens with one attached hydrogen (secondary N) is 1. The molecule has 3 unspecified atom stereocenters. The number of rotatable bonds is 4. The summed E-state index contributed by atoms with van der Waals surface area (Å²) < 4.78 is 0. The quantitative estimate of drug-likeness (QED) is 0.866. The second kappa shape index (κ2) is 6.71. The maximum absolute atomic E-state index is 12.1. The van der Waals surface area contributed by atoms with Crippen molar-refractivity contribution in [1.29, 1.82) is 0 Å². The number of carbonyl (C=O) groups excluding carboxylic acids is 1. The third-order valence-corrected chi connectivity index (χ3v) is 5.27. The van der Waals surface area contributed by atoms with Gasteiger partial charge in [-0.25, -0.2) is 4.98 Å². The number of thiazole rings is 1. The van der Waals surface area contributed by atoms with Crippen LogP contribution in [0, 0.1) is 11.8 Å². The Kier molecular flexibility index (Phi) is 5.22. The highest BCUT2D eigenvalue weighted by atomic mass is 35.5. The van der Waals surface area contributed by atoms with Crippen molar-refractivity contribution >= 4 is 28.8 Å². The van der Waals surface area contributed by atoms with E-state index in [1.165, 1.54) is 24.2 Å². The van der Waals surface area contributed by atoms with Gasteiger partial charge in [0.2, 0.25) is 5.91 Å². The van der Waals surface area contributed by atoms with Crippen LogP contribution in [0.5, 0.6) is 0 Å². The molecule has 106 valence electrons. The van der Waals surface area contributed by atoms with Crippen molar-refractivity contribution in [2.24, 2.45) is 11.8 Å². The third kappa shape index (κ3) is 3.93. The maximum Gasteiger partial charge on any atom is 0.227 e. The molecule has 3 nitrogen and oxygen atoms in total. The Morgan fingerprint density at radius 2 is 2.32 bits per heavy atom.